The molecule has 1 aromatic heterocycles. The van der Waals surface area contributed by atoms with Gasteiger partial charge in [0.1, 0.15) is 5.82 Å². The van der Waals surface area contributed by atoms with E-state index >= 15 is 0 Å². The maximum absolute atomic E-state index is 13.2. The Kier molecular flexibility index (Phi) is 5.71. The standard InChI is InChI=1S/C19H22ClFN4O/c1-13(2)16-12-24(18-8-7-17(20)22-23-18)10-9-19(26)25(16)11-14-3-5-15(21)6-4-14/h3-8,13,16H,9-12H2,1-2H3/t16-/m1/s1. The fraction of sp³-hybridized carbons (Fsp3) is 0.421. The first-order valence-corrected chi connectivity index (χ1v) is 9.10. The molecule has 1 aliphatic rings. The van der Waals surface area contributed by atoms with E-state index in [0.717, 1.165) is 11.4 Å². The van der Waals surface area contributed by atoms with Gasteiger partial charge in [0.25, 0.3) is 0 Å². The lowest BCUT2D eigenvalue weighted by Gasteiger charge is -2.35. The van der Waals surface area contributed by atoms with E-state index in [1.807, 2.05) is 11.0 Å². The Morgan fingerprint density at radius 1 is 1.19 bits per heavy atom. The number of hydrogen-bond acceptors (Lipinski definition) is 4. The molecule has 5 nitrogen and oxygen atoms in total. The quantitative estimate of drug-likeness (QED) is 0.819. The topological polar surface area (TPSA) is 49.3 Å². The van der Waals surface area contributed by atoms with Crippen molar-refractivity contribution in [3.05, 3.63) is 52.9 Å². The van der Waals surface area contributed by atoms with Gasteiger partial charge in [-0.05, 0) is 35.7 Å². The summed E-state index contributed by atoms with van der Waals surface area (Å²) in [5, 5.41) is 8.41. The Labute approximate surface area is 157 Å². The molecule has 0 unspecified atom stereocenters. The zero-order chi connectivity index (χ0) is 18.7. The lowest BCUT2D eigenvalue weighted by molar-refractivity contribution is -0.134. The first-order chi connectivity index (χ1) is 12.4. The molecule has 26 heavy (non-hydrogen) atoms. The summed E-state index contributed by atoms with van der Waals surface area (Å²) in [6.45, 7) is 5.93. The average Bonchev–Trinajstić information content (AvgIpc) is 2.78. The first-order valence-electron chi connectivity index (χ1n) is 8.72. The van der Waals surface area contributed by atoms with Crippen molar-refractivity contribution in [2.75, 3.05) is 18.0 Å². The van der Waals surface area contributed by atoms with Gasteiger partial charge in [0.2, 0.25) is 5.91 Å². The van der Waals surface area contributed by atoms with Crippen molar-refractivity contribution in [1.29, 1.82) is 0 Å². The van der Waals surface area contributed by atoms with Crippen molar-refractivity contribution in [2.24, 2.45) is 5.92 Å². The molecular formula is C19H22ClFN4O. The minimum absolute atomic E-state index is 0.0209. The van der Waals surface area contributed by atoms with Crippen LogP contribution in [0.2, 0.25) is 5.15 Å². The summed E-state index contributed by atoms with van der Waals surface area (Å²) in [4.78, 5) is 16.8. The summed E-state index contributed by atoms with van der Waals surface area (Å²) < 4.78 is 13.2. The van der Waals surface area contributed by atoms with Crippen molar-refractivity contribution >= 4 is 23.3 Å². The van der Waals surface area contributed by atoms with Gasteiger partial charge in [0, 0.05) is 26.1 Å². The van der Waals surface area contributed by atoms with Crippen LogP contribution in [0.4, 0.5) is 10.2 Å². The number of benzene rings is 1. The highest BCUT2D eigenvalue weighted by atomic mass is 35.5. The van der Waals surface area contributed by atoms with Gasteiger partial charge in [0.05, 0.1) is 6.04 Å². The van der Waals surface area contributed by atoms with Crippen LogP contribution in [0.15, 0.2) is 36.4 Å². The minimum Gasteiger partial charge on any atom is -0.353 e. The van der Waals surface area contributed by atoms with Gasteiger partial charge in [-0.3, -0.25) is 4.79 Å². The van der Waals surface area contributed by atoms with Gasteiger partial charge in [-0.15, -0.1) is 10.2 Å². The number of aromatic nitrogens is 2. The molecule has 3 rings (SSSR count). The SMILES string of the molecule is CC(C)[C@H]1CN(c2ccc(Cl)nn2)CCC(=O)N1Cc1ccc(F)cc1. The third-order valence-corrected chi connectivity index (χ3v) is 4.90. The molecule has 1 atom stereocenters. The van der Waals surface area contributed by atoms with Crippen LogP contribution in [-0.2, 0) is 11.3 Å². The van der Waals surface area contributed by atoms with Crippen LogP contribution in [0.1, 0.15) is 25.8 Å². The fourth-order valence-electron chi connectivity index (χ4n) is 3.22. The molecule has 2 aromatic rings. The Balaban J connectivity index is 1.83. The minimum atomic E-state index is -0.274. The number of carbonyl (C=O) groups excluding carboxylic acids is 1. The van der Waals surface area contributed by atoms with Gasteiger partial charge in [-0.25, -0.2) is 4.39 Å². The summed E-state index contributed by atoms with van der Waals surface area (Å²) in [5.74, 6) is 0.804. The molecule has 0 bridgehead atoms. The molecule has 1 aliphatic heterocycles. The largest absolute Gasteiger partial charge is 0.353 e. The van der Waals surface area contributed by atoms with Crippen LogP contribution in [0, 0.1) is 11.7 Å². The van der Waals surface area contributed by atoms with E-state index < -0.39 is 0 Å². The van der Waals surface area contributed by atoms with Crippen molar-refractivity contribution < 1.29 is 9.18 Å². The van der Waals surface area contributed by atoms with E-state index in [1.165, 1.54) is 12.1 Å². The second-order valence-corrected chi connectivity index (χ2v) is 7.26. The molecule has 0 radical (unpaired) electrons. The second-order valence-electron chi connectivity index (χ2n) is 6.87. The lowest BCUT2D eigenvalue weighted by Crippen LogP contribution is -2.46. The predicted molar refractivity (Wildman–Crippen MR) is 99.4 cm³/mol. The molecule has 1 aromatic carbocycles. The number of anilines is 1. The molecule has 0 aliphatic carbocycles. The molecule has 0 saturated carbocycles. The van der Waals surface area contributed by atoms with Crippen LogP contribution in [0.3, 0.4) is 0 Å². The Morgan fingerprint density at radius 3 is 2.54 bits per heavy atom. The maximum Gasteiger partial charge on any atom is 0.224 e. The summed E-state index contributed by atoms with van der Waals surface area (Å²) >= 11 is 5.83. The monoisotopic (exact) mass is 376 g/mol. The second kappa shape index (κ2) is 7.99. The van der Waals surface area contributed by atoms with Crippen LogP contribution in [0.5, 0.6) is 0 Å². The molecule has 2 heterocycles. The number of amides is 1. The molecular weight excluding hydrogens is 355 g/mol. The molecule has 1 saturated heterocycles. The van der Waals surface area contributed by atoms with Gasteiger partial charge < -0.3 is 9.80 Å². The highest BCUT2D eigenvalue weighted by Gasteiger charge is 2.32. The lowest BCUT2D eigenvalue weighted by atomic mass is 10.0. The number of nitrogens with zero attached hydrogens (tertiary/aromatic N) is 4. The Morgan fingerprint density at radius 2 is 1.92 bits per heavy atom. The van der Waals surface area contributed by atoms with Crippen molar-refractivity contribution in [3.8, 4) is 0 Å². The number of halogens is 2. The predicted octanol–water partition coefficient (Wildman–Crippen LogP) is 3.53. The molecule has 1 fully saturated rings. The first kappa shape index (κ1) is 18.6. The zero-order valence-electron chi connectivity index (χ0n) is 14.9. The van der Waals surface area contributed by atoms with Crippen molar-refractivity contribution in [3.63, 3.8) is 0 Å². The van der Waals surface area contributed by atoms with E-state index in [2.05, 4.69) is 28.9 Å². The summed E-state index contributed by atoms with van der Waals surface area (Å²) in [6.07, 6.45) is 0.398. The zero-order valence-corrected chi connectivity index (χ0v) is 15.7. The summed E-state index contributed by atoms with van der Waals surface area (Å²) in [5.41, 5.74) is 0.921. The average molecular weight is 377 g/mol. The molecule has 7 heteroatoms. The molecule has 0 spiro atoms. The van der Waals surface area contributed by atoms with Crippen molar-refractivity contribution in [1.82, 2.24) is 15.1 Å². The smallest absolute Gasteiger partial charge is 0.224 e. The van der Waals surface area contributed by atoms with E-state index in [4.69, 9.17) is 11.6 Å². The van der Waals surface area contributed by atoms with E-state index in [9.17, 15) is 9.18 Å². The van der Waals surface area contributed by atoms with Gasteiger partial charge >= 0.3 is 0 Å². The normalized spacial score (nSPS) is 18.3. The highest BCUT2D eigenvalue weighted by Crippen LogP contribution is 2.24. The fourth-order valence-corrected chi connectivity index (χ4v) is 3.32. The third kappa shape index (κ3) is 4.30. The van der Waals surface area contributed by atoms with Crippen LogP contribution in [-0.4, -0.2) is 40.1 Å². The number of hydrogen-bond donors (Lipinski definition) is 0. The molecule has 1 amide bonds. The Hall–Kier alpha value is -2.21. The van der Waals surface area contributed by atoms with Gasteiger partial charge in [-0.2, -0.15) is 0 Å². The van der Waals surface area contributed by atoms with Crippen LogP contribution < -0.4 is 4.90 Å². The van der Waals surface area contributed by atoms with E-state index in [1.54, 1.807) is 18.2 Å². The summed E-state index contributed by atoms with van der Waals surface area (Å²) in [6, 6.07) is 9.87. The van der Waals surface area contributed by atoms with Crippen molar-refractivity contribution in [2.45, 2.75) is 32.9 Å². The van der Waals surface area contributed by atoms with E-state index in [-0.39, 0.29) is 23.7 Å². The maximum atomic E-state index is 13.2. The van der Waals surface area contributed by atoms with Gasteiger partial charge in [0.15, 0.2) is 11.0 Å². The molecule has 0 N–H and O–H groups in total. The Bertz CT molecular complexity index is 751. The van der Waals surface area contributed by atoms with Gasteiger partial charge in [-0.1, -0.05) is 37.6 Å². The summed E-state index contributed by atoms with van der Waals surface area (Å²) in [7, 11) is 0. The van der Waals surface area contributed by atoms with Crippen LogP contribution >= 0.6 is 11.6 Å². The third-order valence-electron chi connectivity index (χ3n) is 4.70. The molecule has 138 valence electrons. The van der Waals surface area contributed by atoms with E-state index in [0.29, 0.717) is 31.2 Å². The number of carbonyl (C=O) groups is 1. The van der Waals surface area contributed by atoms with Crippen LogP contribution in [0.25, 0.3) is 0 Å². The highest BCUT2D eigenvalue weighted by molar-refractivity contribution is 6.29. The number of rotatable bonds is 4.